The number of aromatic nitrogens is 1. The van der Waals surface area contributed by atoms with Crippen molar-refractivity contribution >= 4 is 17.2 Å². The third-order valence-electron chi connectivity index (χ3n) is 3.08. The molecule has 1 N–H and O–H groups in total. The van der Waals surface area contributed by atoms with Gasteiger partial charge in [-0.2, -0.15) is 0 Å². The highest BCUT2D eigenvalue weighted by Crippen LogP contribution is 2.18. The molecule has 0 saturated heterocycles. The highest BCUT2D eigenvalue weighted by molar-refractivity contribution is 7.09. The third-order valence-corrected chi connectivity index (χ3v) is 3.90. The van der Waals surface area contributed by atoms with Gasteiger partial charge < -0.3 is 10.1 Å². The summed E-state index contributed by atoms with van der Waals surface area (Å²) in [6.07, 6.45) is 0.325. The van der Waals surface area contributed by atoms with Crippen molar-refractivity contribution in [1.29, 1.82) is 0 Å². The van der Waals surface area contributed by atoms with Crippen LogP contribution < -0.4 is 10.1 Å². The van der Waals surface area contributed by atoms with E-state index in [-0.39, 0.29) is 11.9 Å². The van der Waals surface area contributed by atoms with E-state index in [1.54, 1.807) is 11.3 Å². The highest BCUT2D eigenvalue weighted by atomic mass is 32.1. The van der Waals surface area contributed by atoms with Crippen molar-refractivity contribution in [3.63, 3.8) is 0 Å². The minimum atomic E-state index is -0.0343. The second-order valence-electron chi connectivity index (χ2n) is 4.83. The number of hydrogen-bond donors (Lipinski definition) is 1. The standard InChI is InChI=1S/C16H20N2O2S/c1-4-20-15-7-5-13(6-8-15)11(2)17-16(19)9-14-10-21-12(3)18-14/h5-8,10-11H,4,9H2,1-3H3,(H,17,19). The topological polar surface area (TPSA) is 51.2 Å². The molecule has 0 aliphatic carbocycles. The SMILES string of the molecule is CCOc1ccc(C(C)NC(=O)Cc2csc(C)n2)cc1. The Morgan fingerprint density at radius 3 is 2.67 bits per heavy atom. The predicted molar refractivity (Wildman–Crippen MR) is 84.7 cm³/mol. The summed E-state index contributed by atoms with van der Waals surface area (Å²) >= 11 is 1.56. The Kier molecular flexibility index (Phi) is 5.33. The molecule has 1 heterocycles. The van der Waals surface area contributed by atoms with Gasteiger partial charge in [0.1, 0.15) is 5.75 Å². The summed E-state index contributed by atoms with van der Waals surface area (Å²) in [6, 6.07) is 7.76. The molecule has 112 valence electrons. The molecular formula is C16H20N2O2S. The molecule has 0 fully saturated rings. The zero-order valence-corrected chi connectivity index (χ0v) is 13.4. The molecule has 1 atom stereocenters. The van der Waals surface area contributed by atoms with Crippen molar-refractivity contribution in [3.05, 3.63) is 45.9 Å². The van der Waals surface area contributed by atoms with Gasteiger partial charge in [0.25, 0.3) is 0 Å². The Morgan fingerprint density at radius 1 is 1.38 bits per heavy atom. The van der Waals surface area contributed by atoms with Gasteiger partial charge in [-0.3, -0.25) is 4.79 Å². The lowest BCUT2D eigenvalue weighted by molar-refractivity contribution is -0.121. The maximum Gasteiger partial charge on any atom is 0.226 e. The van der Waals surface area contributed by atoms with Crippen molar-refractivity contribution in [2.45, 2.75) is 33.2 Å². The van der Waals surface area contributed by atoms with Gasteiger partial charge in [0.15, 0.2) is 0 Å². The van der Waals surface area contributed by atoms with E-state index in [0.29, 0.717) is 13.0 Å². The van der Waals surface area contributed by atoms with E-state index in [1.807, 2.05) is 50.4 Å². The fourth-order valence-corrected chi connectivity index (χ4v) is 2.66. The zero-order chi connectivity index (χ0) is 15.2. The van der Waals surface area contributed by atoms with Crippen LogP contribution in [-0.2, 0) is 11.2 Å². The molecule has 21 heavy (non-hydrogen) atoms. The zero-order valence-electron chi connectivity index (χ0n) is 12.6. The molecule has 2 rings (SSSR count). The van der Waals surface area contributed by atoms with Crippen molar-refractivity contribution < 1.29 is 9.53 Å². The lowest BCUT2D eigenvalue weighted by Crippen LogP contribution is -2.28. The summed E-state index contributed by atoms with van der Waals surface area (Å²) in [5, 5.41) is 5.90. The van der Waals surface area contributed by atoms with Crippen LogP contribution in [0.3, 0.4) is 0 Å². The van der Waals surface area contributed by atoms with Crippen molar-refractivity contribution in [1.82, 2.24) is 10.3 Å². The van der Waals surface area contributed by atoms with Gasteiger partial charge in [-0.15, -0.1) is 11.3 Å². The number of ether oxygens (including phenoxy) is 1. The Balaban J connectivity index is 1.90. The van der Waals surface area contributed by atoms with Crippen molar-refractivity contribution in [3.8, 4) is 5.75 Å². The van der Waals surface area contributed by atoms with Gasteiger partial charge in [0.2, 0.25) is 5.91 Å². The highest BCUT2D eigenvalue weighted by Gasteiger charge is 2.11. The van der Waals surface area contributed by atoms with Gasteiger partial charge in [-0.1, -0.05) is 12.1 Å². The first kappa shape index (κ1) is 15.5. The van der Waals surface area contributed by atoms with Crippen LogP contribution in [0.1, 0.15) is 36.2 Å². The Bertz CT molecular complexity index is 593. The van der Waals surface area contributed by atoms with Crippen LogP contribution in [0.5, 0.6) is 5.75 Å². The number of benzene rings is 1. The molecule has 0 aliphatic heterocycles. The fourth-order valence-electron chi connectivity index (χ4n) is 2.05. The van der Waals surface area contributed by atoms with Gasteiger partial charge in [0.05, 0.1) is 29.8 Å². The molecule has 0 saturated carbocycles. The van der Waals surface area contributed by atoms with Crippen molar-refractivity contribution in [2.75, 3.05) is 6.61 Å². The maximum atomic E-state index is 12.0. The normalized spacial score (nSPS) is 12.0. The van der Waals surface area contributed by atoms with Gasteiger partial charge in [0, 0.05) is 5.38 Å². The molecule has 0 radical (unpaired) electrons. The van der Waals surface area contributed by atoms with E-state index < -0.39 is 0 Å². The second-order valence-corrected chi connectivity index (χ2v) is 5.89. The van der Waals surface area contributed by atoms with E-state index >= 15 is 0 Å². The molecular weight excluding hydrogens is 284 g/mol. The molecule has 0 aliphatic rings. The van der Waals surface area contributed by atoms with Crippen molar-refractivity contribution in [2.24, 2.45) is 0 Å². The van der Waals surface area contributed by atoms with E-state index in [4.69, 9.17) is 4.74 Å². The molecule has 1 amide bonds. The summed E-state index contributed by atoms with van der Waals surface area (Å²) < 4.78 is 5.41. The quantitative estimate of drug-likeness (QED) is 0.891. The number of aryl methyl sites for hydroxylation is 1. The number of nitrogens with one attached hydrogen (secondary N) is 1. The Labute approximate surface area is 129 Å². The lowest BCUT2D eigenvalue weighted by Gasteiger charge is -2.14. The minimum Gasteiger partial charge on any atom is -0.494 e. The first-order valence-electron chi connectivity index (χ1n) is 7.01. The van der Waals surface area contributed by atoms with Crippen LogP contribution in [0.25, 0.3) is 0 Å². The number of carbonyl (C=O) groups excluding carboxylic acids is 1. The van der Waals surface area contributed by atoms with Crippen LogP contribution in [0.4, 0.5) is 0 Å². The number of rotatable bonds is 6. The molecule has 1 aromatic heterocycles. The van der Waals surface area contributed by atoms with Crippen LogP contribution >= 0.6 is 11.3 Å². The number of nitrogens with zero attached hydrogens (tertiary/aromatic N) is 1. The maximum absolute atomic E-state index is 12.0. The summed E-state index contributed by atoms with van der Waals surface area (Å²) in [5.41, 5.74) is 1.88. The summed E-state index contributed by atoms with van der Waals surface area (Å²) in [5.74, 6) is 0.833. The second kappa shape index (κ2) is 7.22. The van der Waals surface area contributed by atoms with E-state index in [9.17, 15) is 4.79 Å². The summed E-state index contributed by atoms with van der Waals surface area (Å²) in [7, 11) is 0. The molecule has 0 spiro atoms. The summed E-state index contributed by atoms with van der Waals surface area (Å²) in [6.45, 7) is 6.52. The van der Waals surface area contributed by atoms with Crippen LogP contribution in [0.2, 0.25) is 0 Å². The predicted octanol–water partition coefficient (Wildman–Crippen LogP) is 3.27. The third kappa shape index (κ3) is 4.56. The van der Waals surface area contributed by atoms with E-state index in [2.05, 4.69) is 10.3 Å². The smallest absolute Gasteiger partial charge is 0.226 e. The molecule has 1 aromatic carbocycles. The average molecular weight is 304 g/mol. The monoisotopic (exact) mass is 304 g/mol. The minimum absolute atomic E-state index is 0.0123. The lowest BCUT2D eigenvalue weighted by atomic mass is 10.1. The van der Waals surface area contributed by atoms with Gasteiger partial charge >= 0.3 is 0 Å². The fraction of sp³-hybridized carbons (Fsp3) is 0.375. The van der Waals surface area contributed by atoms with Crippen LogP contribution in [-0.4, -0.2) is 17.5 Å². The van der Waals surface area contributed by atoms with Gasteiger partial charge in [-0.05, 0) is 38.5 Å². The molecule has 0 bridgehead atoms. The number of amides is 1. The largest absolute Gasteiger partial charge is 0.494 e. The number of thiazole rings is 1. The summed E-state index contributed by atoms with van der Waals surface area (Å²) in [4.78, 5) is 16.3. The Hall–Kier alpha value is -1.88. The van der Waals surface area contributed by atoms with Crippen LogP contribution in [0.15, 0.2) is 29.6 Å². The first-order chi connectivity index (χ1) is 10.1. The van der Waals surface area contributed by atoms with Crippen LogP contribution in [0, 0.1) is 6.92 Å². The molecule has 4 nitrogen and oxygen atoms in total. The molecule has 5 heteroatoms. The van der Waals surface area contributed by atoms with Gasteiger partial charge in [-0.25, -0.2) is 4.98 Å². The molecule has 2 aromatic rings. The Morgan fingerprint density at radius 2 is 2.10 bits per heavy atom. The van der Waals surface area contributed by atoms with E-state index in [1.165, 1.54) is 0 Å². The molecule has 1 unspecified atom stereocenters. The number of carbonyl (C=O) groups is 1. The number of hydrogen-bond acceptors (Lipinski definition) is 4. The van der Waals surface area contributed by atoms with E-state index in [0.717, 1.165) is 22.0 Å². The average Bonchev–Trinajstić information content (AvgIpc) is 2.85. The first-order valence-corrected chi connectivity index (χ1v) is 7.89.